The highest BCUT2D eigenvalue weighted by Crippen LogP contribution is 2.17. The quantitative estimate of drug-likeness (QED) is 0.788. The molecule has 0 saturated heterocycles. The Hall–Kier alpha value is -1.61. The van der Waals surface area contributed by atoms with Gasteiger partial charge in [0, 0.05) is 11.3 Å². The Kier molecular flexibility index (Phi) is 4.53. The lowest BCUT2D eigenvalue weighted by Crippen LogP contribution is -1.95. The molecule has 0 unspecified atom stereocenters. The molecule has 0 fully saturated rings. The average molecular weight is 260 g/mol. The molecule has 2 aromatic rings. The van der Waals surface area contributed by atoms with Crippen molar-refractivity contribution < 1.29 is 9.53 Å². The van der Waals surface area contributed by atoms with E-state index in [4.69, 9.17) is 4.74 Å². The summed E-state index contributed by atoms with van der Waals surface area (Å²) in [7, 11) is 0. The van der Waals surface area contributed by atoms with Crippen molar-refractivity contribution in [1.82, 2.24) is 0 Å². The molecule has 0 amide bonds. The first-order valence-corrected chi connectivity index (χ1v) is 6.85. The van der Waals surface area contributed by atoms with Crippen molar-refractivity contribution in [1.29, 1.82) is 0 Å². The maximum atomic E-state index is 10.9. The predicted molar refractivity (Wildman–Crippen MR) is 74.1 cm³/mol. The van der Waals surface area contributed by atoms with Gasteiger partial charge < -0.3 is 9.53 Å². The van der Waals surface area contributed by atoms with Crippen molar-refractivity contribution in [2.24, 2.45) is 0 Å². The number of benzene rings is 1. The van der Waals surface area contributed by atoms with Crippen LogP contribution in [-0.2, 0) is 17.8 Å². The number of rotatable bonds is 6. The van der Waals surface area contributed by atoms with Crippen molar-refractivity contribution in [3.63, 3.8) is 0 Å². The summed E-state index contributed by atoms with van der Waals surface area (Å²) in [5.74, 6) is 1.10. The molecule has 2 rings (SSSR count). The molecule has 0 spiro atoms. The molecule has 0 aliphatic rings. The van der Waals surface area contributed by atoms with Crippen LogP contribution in [0.3, 0.4) is 0 Å². The van der Waals surface area contributed by atoms with Crippen LogP contribution >= 0.6 is 11.3 Å². The molecule has 1 aromatic carbocycles. The van der Waals surface area contributed by atoms with E-state index in [-0.39, 0.29) is 5.78 Å². The molecule has 0 N–H and O–H groups in total. The van der Waals surface area contributed by atoms with Gasteiger partial charge in [-0.25, -0.2) is 0 Å². The van der Waals surface area contributed by atoms with Gasteiger partial charge in [-0.15, -0.1) is 11.3 Å². The number of hydrogen-bond acceptors (Lipinski definition) is 3. The maximum absolute atomic E-state index is 10.9. The van der Waals surface area contributed by atoms with Gasteiger partial charge in [0.2, 0.25) is 0 Å². The van der Waals surface area contributed by atoms with Crippen molar-refractivity contribution in [2.75, 3.05) is 0 Å². The van der Waals surface area contributed by atoms with Gasteiger partial charge in [0.25, 0.3) is 0 Å². The molecule has 94 valence electrons. The lowest BCUT2D eigenvalue weighted by molar-refractivity contribution is -0.116. The fourth-order valence-electron chi connectivity index (χ4n) is 1.62. The van der Waals surface area contributed by atoms with E-state index in [1.165, 1.54) is 10.4 Å². The first-order chi connectivity index (χ1) is 8.74. The van der Waals surface area contributed by atoms with Crippen LogP contribution in [0.15, 0.2) is 41.8 Å². The van der Waals surface area contributed by atoms with E-state index in [2.05, 4.69) is 6.07 Å². The summed E-state index contributed by atoms with van der Waals surface area (Å²) in [6.45, 7) is 2.24. The molecule has 0 radical (unpaired) electrons. The van der Waals surface area contributed by atoms with Gasteiger partial charge in [-0.05, 0) is 42.5 Å². The molecule has 0 bridgehead atoms. The molecular formula is C15H16O2S. The third-order valence-electron chi connectivity index (χ3n) is 2.65. The fourth-order valence-corrected chi connectivity index (χ4v) is 2.24. The summed E-state index contributed by atoms with van der Waals surface area (Å²) < 4.78 is 5.67. The zero-order chi connectivity index (χ0) is 12.8. The standard InChI is InChI=1S/C15H16O2S/c1-12(16)4-5-13-6-8-14(9-7-13)17-11-15-3-2-10-18-15/h2-3,6-10H,4-5,11H2,1H3. The van der Waals surface area contributed by atoms with Crippen LogP contribution in [0.2, 0.25) is 0 Å². The number of carbonyl (C=O) groups is 1. The third-order valence-corrected chi connectivity index (χ3v) is 3.50. The van der Waals surface area contributed by atoms with E-state index >= 15 is 0 Å². The minimum atomic E-state index is 0.230. The number of Topliss-reactive ketones (excluding diaryl/α,β-unsaturated/α-hetero) is 1. The van der Waals surface area contributed by atoms with Crippen molar-refractivity contribution >= 4 is 17.1 Å². The van der Waals surface area contributed by atoms with Gasteiger partial charge in [-0.3, -0.25) is 0 Å². The van der Waals surface area contributed by atoms with Crippen molar-refractivity contribution in [3.05, 3.63) is 52.2 Å². The van der Waals surface area contributed by atoms with Gasteiger partial charge in [0.05, 0.1) is 0 Å². The second-order valence-corrected chi connectivity index (χ2v) is 5.25. The van der Waals surface area contributed by atoms with Gasteiger partial charge in [-0.1, -0.05) is 18.2 Å². The summed E-state index contributed by atoms with van der Waals surface area (Å²) in [6.07, 6.45) is 1.41. The number of ketones is 1. The van der Waals surface area contributed by atoms with E-state index in [0.717, 1.165) is 12.2 Å². The lowest BCUT2D eigenvalue weighted by Gasteiger charge is -2.05. The number of hydrogen-bond donors (Lipinski definition) is 0. The van der Waals surface area contributed by atoms with E-state index < -0.39 is 0 Å². The van der Waals surface area contributed by atoms with E-state index in [0.29, 0.717) is 13.0 Å². The molecule has 1 heterocycles. The Morgan fingerprint density at radius 1 is 1.22 bits per heavy atom. The molecule has 0 saturated carbocycles. The first-order valence-electron chi connectivity index (χ1n) is 5.97. The monoisotopic (exact) mass is 260 g/mol. The van der Waals surface area contributed by atoms with Crippen molar-refractivity contribution in [3.8, 4) is 5.75 Å². The average Bonchev–Trinajstić information content (AvgIpc) is 2.88. The lowest BCUT2D eigenvalue weighted by atomic mass is 10.1. The summed E-state index contributed by atoms with van der Waals surface area (Å²) in [6, 6.07) is 12.0. The topological polar surface area (TPSA) is 26.3 Å². The van der Waals surface area contributed by atoms with E-state index in [1.54, 1.807) is 18.3 Å². The smallest absolute Gasteiger partial charge is 0.130 e. The van der Waals surface area contributed by atoms with Crippen LogP contribution in [0, 0.1) is 0 Å². The molecule has 18 heavy (non-hydrogen) atoms. The van der Waals surface area contributed by atoms with Gasteiger partial charge in [0.1, 0.15) is 18.1 Å². The van der Waals surface area contributed by atoms with Crippen LogP contribution in [0.25, 0.3) is 0 Å². The molecule has 0 aliphatic heterocycles. The SMILES string of the molecule is CC(=O)CCc1ccc(OCc2cccs2)cc1. The minimum absolute atomic E-state index is 0.230. The molecule has 1 aromatic heterocycles. The highest BCUT2D eigenvalue weighted by Gasteiger charge is 1.99. The number of aryl methyl sites for hydroxylation is 1. The van der Waals surface area contributed by atoms with Crippen LogP contribution in [0.1, 0.15) is 23.8 Å². The molecule has 2 nitrogen and oxygen atoms in total. The number of thiophene rings is 1. The molecule has 0 atom stereocenters. The Morgan fingerprint density at radius 2 is 2.00 bits per heavy atom. The minimum Gasteiger partial charge on any atom is -0.488 e. The second-order valence-electron chi connectivity index (χ2n) is 4.21. The largest absolute Gasteiger partial charge is 0.488 e. The fraction of sp³-hybridized carbons (Fsp3) is 0.267. The number of ether oxygens (including phenoxy) is 1. The number of carbonyl (C=O) groups excluding carboxylic acids is 1. The summed E-state index contributed by atoms with van der Waals surface area (Å²) >= 11 is 1.69. The maximum Gasteiger partial charge on any atom is 0.130 e. The predicted octanol–water partition coefficient (Wildman–Crippen LogP) is 3.85. The zero-order valence-electron chi connectivity index (χ0n) is 10.4. The summed E-state index contributed by atoms with van der Waals surface area (Å²) in [4.78, 5) is 12.1. The van der Waals surface area contributed by atoms with Crippen LogP contribution in [-0.4, -0.2) is 5.78 Å². The first kappa shape index (κ1) is 12.8. The second kappa shape index (κ2) is 6.36. The normalized spacial score (nSPS) is 10.3. The highest BCUT2D eigenvalue weighted by molar-refractivity contribution is 7.09. The van der Waals surface area contributed by atoms with E-state index in [9.17, 15) is 4.79 Å². The Morgan fingerprint density at radius 3 is 2.61 bits per heavy atom. The Balaban J connectivity index is 1.85. The van der Waals surface area contributed by atoms with Gasteiger partial charge in [0.15, 0.2) is 0 Å². The molecular weight excluding hydrogens is 244 g/mol. The van der Waals surface area contributed by atoms with E-state index in [1.807, 2.05) is 35.7 Å². The van der Waals surface area contributed by atoms with Gasteiger partial charge in [-0.2, -0.15) is 0 Å². The Bertz CT molecular complexity index is 486. The third kappa shape index (κ3) is 4.00. The van der Waals surface area contributed by atoms with Gasteiger partial charge >= 0.3 is 0 Å². The van der Waals surface area contributed by atoms with Crippen LogP contribution in [0.5, 0.6) is 5.75 Å². The highest BCUT2D eigenvalue weighted by atomic mass is 32.1. The Labute approximate surface area is 111 Å². The van der Waals surface area contributed by atoms with Crippen LogP contribution < -0.4 is 4.74 Å². The summed E-state index contributed by atoms with van der Waals surface area (Å²) in [5, 5.41) is 2.05. The zero-order valence-corrected chi connectivity index (χ0v) is 11.2. The molecule has 0 aliphatic carbocycles. The molecule has 3 heteroatoms. The van der Waals surface area contributed by atoms with Crippen LogP contribution in [0.4, 0.5) is 0 Å². The summed E-state index contributed by atoms with van der Waals surface area (Å²) in [5.41, 5.74) is 1.17. The van der Waals surface area contributed by atoms with Crippen molar-refractivity contribution in [2.45, 2.75) is 26.4 Å².